The van der Waals surface area contributed by atoms with Crippen LogP contribution in [-0.4, -0.2) is 87.5 Å². The van der Waals surface area contributed by atoms with E-state index in [2.05, 4.69) is 43.5 Å². The lowest BCUT2D eigenvalue weighted by Crippen LogP contribution is -2.60. The highest BCUT2D eigenvalue weighted by molar-refractivity contribution is 5.76. The summed E-state index contributed by atoms with van der Waals surface area (Å²) in [5.74, 6) is -0.189. The SMILES string of the molecule is CCCCCC/C=C\C/C=C\CCCCCCCC(=O)NC(COC1OC(CO)C(O)C(O)C1O)C(O)/C=C/CCCCCCCCCCCCCCCCCCCCCCC. The maximum absolute atomic E-state index is 13.0. The van der Waals surface area contributed by atoms with Crippen LogP contribution in [0.25, 0.3) is 0 Å². The third kappa shape index (κ3) is 33.0. The second-order valence-electron chi connectivity index (χ2n) is 18.3. The molecule has 0 aromatic carbocycles. The van der Waals surface area contributed by atoms with Crippen LogP contribution in [0.3, 0.4) is 0 Å². The Morgan fingerprint density at radius 3 is 1.40 bits per heavy atom. The molecule has 0 aliphatic carbocycles. The number of allylic oxidation sites excluding steroid dienone is 5. The van der Waals surface area contributed by atoms with Gasteiger partial charge in [-0.25, -0.2) is 0 Å². The van der Waals surface area contributed by atoms with Gasteiger partial charge < -0.3 is 40.3 Å². The molecule has 1 aliphatic heterocycles. The number of hydrogen-bond acceptors (Lipinski definition) is 8. The first kappa shape index (κ1) is 58.4. The van der Waals surface area contributed by atoms with E-state index in [0.717, 1.165) is 64.2 Å². The van der Waals surface area contributed by atoms with Crippen molar-refractivity contribution in [1.29, 1.82) is 0 Å². The van der Waals surface area contributed by atoms with Gasteiger partial charge in [-0.15, -0.1) is 0 Å². The number of carbonyl (C=O) groups is 1. The van der Waals surface area contributed by atoms with Crippen molar-refractivity contribution in [3.05, 3.63) is 36.5 Å². The highest BCUT2D eigenvalue weighted by Gasteiger charge is 2.44. The number of hydrogen-bond donors (Lipinski definition) is 6. The van der Waals surface area contributed by atoms with E-state index in [1.807, 2.05) is 6.08 Å². The van der Waals surface area contributed by atoms with Gasteiger partial charge in [0.1, 0.15) is 24.4 Å². The molecule has 0 aromatic heterocycles. The Morgan fingerprint density at radius 1 is 0.548 bits per heavy atom. The Kier molecular flexibility index (Phi) is 40.8. The first-order chi connectivity index (χ1) is 30.3. The Bertz CT molecular complexity index is 1070. The molecule has 9 nitrogen and oxygen atoms in total. The van der Waals surface area contributed by atoms with E-state index >= 15 is 0 Å². The Morgan fingerprint density at radius 2 is 0.952 bits per heavy atom. The molecule has 9 heteroatoms. The van der Waals surface area contributed by atoms with E-state index < -0.39 is 49.5 Å². The number of rotatable bonds is 44. The van der Waals surface area contributed by atoms with Crippen LogP contribution >= 0.6 is 0 Å². The molecule has 0 bridgehead atoms. The number of aliphatic hydroxyl groups is 5. The maximum atomic E-state index is 13.0. The summed E-state index contributed by atoms with van der Waals surface area (Å²) in [6, 6.07) is -0.812. The first-order valence-corrected chi connectivity index (χ1v) is 26.2. The maximum Gasteiger partial charge on any atom is 0.220 e. The van der Waals surface area contributed by atoms with E-state index in [4.69, 9.17) is 9.47 Å². The van der Waals surface area contributed by atoms with Crippen LogP contribution in [0.2, 0.25) is 0 Å². The summed E-state index contributed by atoms with van der Waals surface area (Å²) in [5.41, 5.74) is 0. The van der Waals surface area contributed by atoms with Gasteiger partial charge in [0.05, 0.1) is 25.4 Å². The minimum atomic E-state index is -1.57. The fraction of sp³-hybridized carbons (Fsp3) is 0.868. The zero-order valence-corrected chi connectivity index (χ0v) is 40.1. The minimum Gasteiger partial charge on any atom is -0.394 e. The van der Waals surface area contributed by atoms with E-state index in [9.17, 15) is 30.3 Å². The predicted octanol–water partition coefficient (Wildman–Crippen LogP) is 12.0. The summed E-state index contributed by atoms with van der Waals surface area (Å²) in [5, 5.41) is 54.4. The predicted molar refractivity (Wildman–Crippen MR) is 258 cm³/mol. The number of amides is 1. The van der Waals surface area contributed by atoms with Gasteiger partial charge >= 0.3 is 0 Å². The van der Waals surface area contributed by atoms with Gasteiger partial charge in [-0.05, 0) is 51.4 Å². The van der Waals surface area contributed by atoms with Crippen LogP contribution in [0.4, 0.5) is 0 Å². The summed E-state index contributed by atoms with van der Waals surface area (Å²) in [6.07, 6.45) is 47.7. The molecule has 1 amide bonds. The molecule has 6 N–H and O–H groups in total. The van der Waals surface area contributed by atoms with Gasteiger partial charge in [0.25, 0.3) is 0 Å². The van der Waals surface area contributed by atoms with Crippen LogP contribution in [0.1, 0.15) is 239 Å². The molecule has 62 heavy (non-hydrogen) atoms. The van der Waals surface area contributed by atoms with Crippen LogP contribution in [0, 0.1) is 0 Å². The molecule has 1 saturated heterocycles. The number of unbranched alkanes of at least 4 members (excludes halogenated alkanes) is 30. The lowest BCUT2D eigenvalue weighted by molar-refractivity contribution is -0.302. The molecule has 0 radical (unpaired) electrons. The van der Waals surface area contributed by atoms with Crippen molar-refractivity contribution >= 4 is 5.91 Å². The zero-order chi connectivity index (χ0) is 45.1. The summed E-state index contributed by atoms with van der Waals surface area (Å²) >= 11 is 0. The molecule has 1 heterocycles. The van der Waals surface area contributed by atoms with Crippen molar-refractivity contribution < 1.29 is 39.8 Å². The monoisotopic (exact) mass is 878 g/mol. The van der Waals surface area contributed by atoms with E-state index in [0.29, 0.717) is 6.42 Å². The number of aliphatic hydroxyl groups excluding tert-OH is 5. The van der Waals surface area contributed by atoms with Crippen LogP contribution in [0.15, 0.2) is 36.5 Å². The highest BCUT2D eigenvalue weighted by Crippen LogP contribution is 2.23. The zero-order valence-electron chi connectivity index (χ0n) is 40.1. The fourth-order valence-electron chi connectivity index (χ4n) is 8.25. The summed E-state index contributed by atoms with van der Waals surface area (Å²) in [7, 11) is 0. The van der Waals surface area contributed by atoms with Gasteiger partial charge in [-0.2, -0.15) is 0 Å². The Hall–Kier alpha value is -1.59. The van der Waals surface area contributed by atoms with Crippen molar-refractivity contribution in [3.8, 4) is 0 Å². The molecular formula is C53H99NO8. The average molecular weight is 878 g/mol. The van der Waals surface area contributed by atoms with Crippen molar-refractivity contribution in [2.45, 2.75) is 281 Å². The van der Waals surface area contributed by atoms with Crippen LogP contribution < -0.4 is 5.32 Å². The lowest BCUT2D eigenvalue weighted by atomic mass is 9.99. The quantitative estimate of drug-likeness (QED) is 0.0262. The molecule has 0 aromatic rings. The van der Waals surface area contributed by atoms with Gasteiger partial charge in [0, 0.05) is 6.42 Å². The molecule has 7 unspecified atom stereocenters. The number of ether oxygens (including phenoxy) is 2. The van der Waals surface area contributed by atoms with Crippen molar-refractivity contribution in [3.63, 3.8) is 0 Å². The van der Waals surface area contributed by atoms with E-state index in [-0.39, 0.29) is 12.5 Å². The molecule has 1 fully saturated rings. The number of carbonyl (C=O) groups excluding carboxylic acids is 1. The Labute approximate surface area is 381 Å². The third-order valence-corrected chi connectivity index (χ3v) is 12.5. The molecule has 0 spiro atoms. The molecule has 7 atom stereocenters. The smallest absolute Gasteiger partial charge is 0.220 e. The standard InChI is InChI=1S/C53H99NO8/c1-3-5-7-9-11-13-15-17-19-21-22-23-24-25-26-27-28-30-32-34-36-38-40-42-47(56)46(45-61-53-52(60)51(59)50(58)48(44-55)62-53)54-49(57)43-41-39-37-35-33-31-29-20-18-16-14-12-10-8-6-4-2/h14,16,20,29,40,42,46-48,50-53,55-56,58-60H,3-13,15,17-19,21-28,30-39,41,43-45H2,1-2H3,(H,54,57)/b16-14-,29-20-,42-40+. The van der Waals surface area contributed by atoms with Gasteiger partial charge in [0.2, 0.25) is 5.91 Å². The van der Waals surface area contributed by atoms with Crippen molar-refractivity contribution in [2.75, 3.05) is 13.2 Å². The third-order valence-electron chi connectivity index (χ3n) is 12.5. The molecule has 1 aliphatic rings. The second kappa shape index (κ2) is 43.3. The largest absolute Gasteiger partial charge is 0.394 e. The van der Waals surface area contributed by atoms with Crippen LogP contribution in [0.5, 0.6) is 0 Å². The molecular weight excluding hydrogens is 779 g/mol. The molecule has 0 saturated carbocycles. The van der Waals surface area contributed by atoms with Crippen molar-refractivity contribution in [2.24, 2.45) is 0 Å². The summed E-state index contributed by atoms with van der Waals surface area (Å²) < 4.78 is 11.2. The van der Waals surface area contributed by atoms with Gasteiger partial charge in [-0.3, -0.25) is 4.79 Å². The first-order valence-electron chi connectivity index (χ1n) is 26.2. The lowest BCUT2D eigenvalue weighted by Gasteiger charge is -2.40. The van der Waals surface area contributed by atoms with E-state index in [1.54, 1.807) is 6.08 Å². The van der Waals surface area contributed by atoms with Crippen molar-refractivity contribution in [1.82, 2.24) is 5.32 Å². The minimum absolute atomic E-state index is 0.189. The summed E-state index contributed by atoms with van der Waals surface area (Å²) in [4.78, 5) is 13.0. The normalized spacial score (nSPS) is 20.5. The Balaban J connectivity index is 2.28. The summed E-state index contributed by atoms with van der Waals surface area (Å²) in [6.45, 7) is 3.76. The van der Waals surface area contributed by atoms with Gasteiger partial charge in [-0.1, -0.05) is 217 Å². The van der Waals surface area contributed by atoms with Gasteiger partial charge in [0.15, 0.2) is 6.29 Å². The topological polar surface area (TPSA) is 149 Å². The molecule has 1 rings (SSSR count). The van der Waals surface area contributed by atoms with E-state index in [1.165, 1.54) is 154 Å². The van der Waals surface area contributed by atoms with Crippen LogP contribution in [-0.2, 0) is 14.3 Å². The highest BCUT2D eigenvalue weighted by atomic mass is 16.7. The average Bonchev–Trinajstić information content (AvgIpc) is 3.27. The second-order valence-corrected chi connectivity index (χ2v) is 18.3. The fourth-order valence-corrected chi connectivity index (χ4v) is 8.25. The molecule has 364 valence electrons. The number of nitrogens with one attached hydrogen (secondary N) is 1.